The fourth-order valence-electron chi connectivity index (χ4n) is 3.12. The smallest absolute Gasteiger partial charge is 0.239 e. The Kier molecular flexibility index (Phi) is 8.43. The lowest BCUT2D eigenvalue weighted by Gasteiger charge is -2.26. The second-order valence-electron chi connectivity index (χ2n) is 6.21. The fraction of sp³-hybridized carbons (Fsp3) is 0.647. The maximum atomic E-state index is 12.3. The highest BCUT2D eigenvalue weighted by atomic mass is 35.5. The molecule has 0 aromatic carbocycles. The number of halogens is 1. The molecule has 4 nitrogen and oxygen atoms in total. The number of likely N-dealkylation sites (N-methyl/N-ethyl adjacent to an activating group) is 1. The van der Waals surface area contributed by atoms with Crippen molar-refractivity contribution >= 4 is 18.3 Å². The molecule has 0 bridgehead atoms. The average Bonchev–Trinajstić information content (AvgIpc) is 2.53. The predicted molar refractivity (Wildman–Crippen MR) is 92.0 cm³/mol. The third kappa shape index (κ3) is 5.93. The molecule has 1 amide bonds. The fourth-order valence-corrected chi connectivity index (χ4v) is 3.12. The zero-order valence-corrected chi connectivity index (χ0v) is 14.2. The molecule has 22 heavy (non-hydrogen) atoms. The minimum Gasteiger partial charge on any atom is -0.344 e. The number of hydrogen-bond donors (Lipinski definition) is 1. The third-order valence-corrected chi connectivity index (χ3v) is 4.49. The maximum absolute atomic E-state index is 12.3. The molecule has 0 saturated heterocycles. The molecule has 1 aliphatic carbocycles. The van der Waals surface area contributed by atoms with Crippen LogP contribution in [0.15, 0.2) is 24.5 Å². The Labute approximate surface area is 139 Å². The van der Waals surface area contributed by atoms with Gasteiger partial charge in [-0.3, -0.25) is 9.78 Å². The lowest BCUT2D eigenvalue weighted by Crippen LogP contribution is -2.43. The molecule has 0 spiro atoms. The van der Waals surface area contributed by atoms with Gasteiger partial charge in [0.1, 0.15) is 0 Å². The van der Waals surface area contributed by atoms with Gasteiger partial charge in [0.15, 0.2) is 0 Å². The number of amides is 1. The summed E-state index contributed by atoms with van der Waals surface area (Å²) in [6, 6.07) is 3.64. The monoisotopic (exact) mass is 325 g/mol. The van der Waals surface area contributed by atoms with Crippen LogP contribution in [0.5, 0.6) is 0 Å². The van der Waals surface area contributed by atoms with Crippen molar-refractivity contribution in [3.8, 4) is 0 Å². The number of hydrogen-bond acceptors (Lipinski definition) is 3. The number of nitrogens with two attached hydrogens (primary N) is 1. The highest BCUT2D eigenvalue weighted by molar-refractivity contribution is 5.85. The van der Waals surface area contributed by atoms with Crippen LogP contribution in [-0.4, -0.2) is 35.4 Å². The molecule has 5 heteroatoms. The van der Waals surface area contributed by atoms with Crippen LogP contribution in [0.25, 0.3) is 0 Å². The molecule has 1 fully saturated rings. The third-order valence-electron chi connectivity index (χ3n) is 4.49. The number of carbonyl (C=O) groups is 1. The number of carbonyl (C=O) groups excluding carboxylic acids is 1. The summed E-state index contributed by atoms with van der Waals surface area (Å²) in [6.45, 7) is 0.710. The molecule has 1 unspecified atom stereocenters. The van der Waals surface area contributed by atoms with Crippen molar-refractivity contribution in [3.63, 3.8) is 0 Å². The van der Waals surface area contributed by atoms with E-state index in [9.17, 15) is 4.79 Å². The molecule has 2 rings (SSSR count). The van der Waals surface area contributed by atoms with E-state index in [-0.39, 0.29) is 24.4 Å². The number of nitrogens with zero attached hydrogens (tertiary/aromatic N) is 2. The van der Waals surface area contributed by atoms with E-state index < -0.39 is 0 Å². The minimum absolute atomic E-state index is 0. The summed E-state index contributed by atoms with van der Waals surface area (Å²) in [7, 11) is 1.85. The first-order valence-electron chi connectivity index (χ1n) is 8.06. The highest BCUT2D eigenvalue weighted by Crippen LogP contribution is 2.27. The standard InChI is InChI=1S/C17H27N3O.ClH/c1-20(12-9-14-7-10-19-11-8-14)17(21)16(18)13-15-5-3-2-4-6-15;/h7-8,10-11,15-16H,2-6,9,12-13,18H2,1H3;1H. The van der Waals surface area contributed by atoms with E-state index in [1.165, 1.54) is 37.7 Å². The van der Waals surface area contributed by atoms with Crippen molar-refractivity contribution in [1.29, 1.82) is 0 Å². The zero-order chi connectivity index (χ0) is 15.1. The molecule has 1 aliphatic rings. The van der Waals surface area contributed by atoms with Crippen molar-refractivity contribution < 1.29 is 4.79 Å². The molecule has 2 N–H and O–H groups in total. The van der Waals surface area contributed by atoms with Crippen molar-refractivity contribution in [2.45, 2.75) is 51.0 Å². The van der Waals surface area contributed by atoms with Gasteiger partial charge < -0.3 is 10.6 Å². The number of aromatic nitrogens is 1. The van der Waals surface area contributed by atoms with Gasteiger partial charge in [-0.05, 0) is 36.5 Å². The molecule has 1 aromatic heterocycles. The first kappa shape index (κ1) is 18.9. The quantitative estimate of drug-likeness (QED) is 0.875. The average molecular weight is 326 g/mol. The first-order valence-corrected chi connectivity index (χ1v) is 8.06. The van der Waals surface area contributed by atoms with Crippen LogP contribution in [0.4, 0.5) is 0 Å². The summed E-state index contributed by atoms with van der Waals surface area (Å²) in [6.07, 6.45) is 11.7. The predicted octanol–water partition coefficient (Wildman–Crippen LogP) is 2.80. The molecular formula is C17H28ClN3O. The Morgan fingerprint density at radius 1 is 1.32 bits per heavy atom. The van der Waals surface area contributed by atoms with Crippen LogP contribution >= 0.6 is 12.4 Å². The van der Waals surface area contributed by atoms with Gasteiger partial charge in [-0.2, -0.15) is 0 Å². The maximum Gasteiger partial charge on any atom is 0.239 e. The zero-order valence-electron chi connectivity index (χ0n) is 13.4. The summed E-state index contributed by atoms with van der Waals surface area (Å²) in [5.41, 5.74) is 7.32. The van der Waals surface area contributed by atoms with Crippen LogP contribution in [0.2, 0.25) is 0 Å². The van der Waals surface area contributed by atoms with Gasteiger partial charge in [0.05, 0.1) is 6.04 Å². The van der Waals surface area contributed by atoms with Crippen LogP contribution < -0.4 is 5.73 Å². The second kappa shape index (κ2) is 9.80. The lowest BCUT2D eigenvalue weighted by atomic mass is 9.85. The van der Waals surface area contributed by atoms with Crippen molar-refractivity contribution in [2.75, 3.05) is 13.6 Å². The second-order valence-corrected chi connectivity index (χ2v) is 6.21. The largest absolute Gasteiger partial charge is 0.344 e. The van der Waals surface area contributed by atoms with Crippen molar-refractivity contribution in [2.24, 2.45) is 11.7 Å². The molecule has 1 atom stereocenters. The Hall–Kier alpha value is -1.13. The molecule has 1 heterocycles. The van der Waals surface area contributed by atoms with Crippen LogP contribution in [0.1, 0.15) is 44.1 Å². The summed E-state index contributed by atoms with van der Waals surface area (Å²) in [5, 5.41) is 0. The van der Waals surface area contributed by atoms with E-state index in [2.05, 4.69) is 4.98 Å². The summed E-state index contributed by atoms with van der Waals surface area (Å²) >= 11 is 0. The summed E-state index contributed by atoms with van der Waals surface area (Å²) in [5.74, 6) is 0.723. The van der Waals surface area contributed by atoms with Crippen LogP contribution in [0.3, 0.4) is 0 Å². The van der Waals surface area contributed by atoms with E-state index in [0.717, 1.165) is 12.8 Å². The lowest BCUT2D eigenvalue weighted by molar-refractivity contribution is -0.131. The van der Waals surface area contributed by atoms with E-state index in [4.69, 9.17) is 5.73 Å². The van der Waals surface area contributed by atoms with E-state index in [1.54, 1.807) is 17.3 Å². The Bertz CT molecular complexity index is 435. The Morgan fingerprint density at radius 2 is 1.95 bits per heavy atom. The van der Waals surface area contributed by atoms with Gasteiger partial charge in [-0.25, -0.2) is 0 Å². The van der Waals surface area contributed by atoms with Gasteiger partial charge >= 0.3 is 0 Å². The van der Waals surface area contributed by atoms with Crippen LogP contribution in [0, 0.1) is 5.92 Å². The van der Waals surface area contributed by atoms with Crippen molar-refractivity contribution in [3.05, 3.63) is 30.1 Å². The molecular weight excluding hydrogens is 298 g/mol. The first-order chi connectivity index (χ1) is 10.2. The van der Waals surface area contributed by atoms with Crippen LogP contribution in [-0.2, 0) is 11.2 Å². The highest BCUT2D eigenvalue weighted by Gasteiger charge is 2.23. The minimum atomic E-state index is -0.337. The summed E-state index contributed by atoms with van der Waals surface area (Å²) in [4.78, 5) is 18.1. The topological polar surface area (TPSA) is 59.2 Å². The van der Waals surface area contributed by atoms with E-state index in [1.807, 2.05) is 19.2 Å². The van der Waals surface area contributed by atoms with Gasteiger partial charge in [-0.1, -0.05) is 32.1 Å². The van der Waals surface area contributed by atoms with E-state index in [0.29, 0.717) is 12.5 Å². The van der Waals surface area contributed by atoms with Gasteiger partial charge in [0.2, 0.25) is 5.91 Å². The normalized spacial score (nSPS) is 16.6. The SMILES string of the molecule is CN(CCc1ccncc1)C(=O)C(N)CC1CCCCC1.Cl. The molecule has 0 aliphatic heterocycles. The molecule has 1 aromatic rings. The van der Waals surface area contributed by atoms with Crippen molar-refractivity contribution in [1.82, 2.24) is 9.88 Å². The van der Waals surface area contributed by atoms with Gasteiger partial charge in [-0.15, -0.1) is 12.4 Å². The summed E-state index contributed by atoms with van der Waals surface area (Å²) < 4.78 is 0. The Balaban J connectivity index is 0.00000242. The Morgan fingerprint density at radius 3 is 2.59 bits per heavy atom. The number of rotatable bonds is 6. The van der Waals surface area contributed by atoms with Gasteiger partial charge in [0.25, 0.3) is 0 Å². The van der Waals surface area contributed by atoms with E-state index >= 15 is 0 Å². The molecule has 1 saturated carbocycles. The number of pyridine rings is 1. The molecule has 124 valence electrons. The molecule has 0 radical (unpaired) electrons. The van der Waals surface area contributed by atoms with Gasteiger partial charge in [0, 0.05) is 26.0 Å².